The second kappa shape index (κ2) is 4.54. The van der Waals surface area contributed by atoms with Gasteiger partial charge in [-0.25, -0.2) is 9.79 Å². The van der Waals surface area contributed by atoms with Crippen LogP contribution in [0.4, 0.5) is 13.2 Å². The van der Waals surface area contributed by atoms with Crippen molar-refractivity contribution >= 4 is 11.9 Å². The molecule has 1 N–H and O–H groups in total. The van der Waals surface area contributed by atoms with Crippen LogP contribution in [0, 0.1) is 0 Å². The Morgan fingerprint density at radius 3 is 2.62 bits per heavy atom. The number of aliphatic hydroxyl groups excluding tert-OH is 1. The Balaban J connectivity index is 3.12. The van der Waals surface area contributed by atoms with E-state index in [2.05, 4.69) is 9.73 Å². The maximum absolute atomic E-state index is 12.5. The summed E-state index contributed by atoms with van der Waals surface area (Å²) in [7, 11) is 0. The molecule has 0 amide bonds. The summed E-state index contributed by atoms with van der Waals surface area (Å²) in [5.41, 5.74) is -1.90. The second-order valence-electron chi connectivity index (χ2n) is 3.07. The van der Waals surface area contributed by atoms with Gasteiger partial charge in [0.25, 0.3) is 0 Å². The van der Waals surface area contributed by atoms with Gasteiger partial charge in [-0.05, 0) is 13.3 Å². The first kappa shape index (κ1) is 12.5. The van der Waals surface area contributed by atoms with Crippen molar-refractivity contribution in [1.82, 2.24) is 0 Å². The smallest absolute Gasteiger partial charge is 0.434 e. The fraction of sp³-hybridized carbons (Fsp3) is 0.556. The van der Waals surface area contributed by atoms with E-state index in [1.807, 2.05) is 0 Å². The molecule has 16 heavy (non-hydrogen) atoms. The standard InChI is InChI=1S/C9H10F3NO3/c1-2-16-8(15)5-3-4-6(14)13-7(5)9(10,11)12/h2-4H2,1H3,(H,13,14). The third-order valence-corrected chi connectivity index (χ3v) is 1.92. The zero-order valence-electron chi connectivity index (χ0n) is 8.47. The van der Waals surface area contributed by atoms with E-state index in [1.165, 1.54) is 6.92 Å². The summed E-state index contributed by atoms with van der Waals surface area (Å²) >= 11 is 0. The molecule has 0 spiro atoms. The molecule has 0 aromatic carbocycles. The zero-order valence-corrected chi connectivity index (χ0v) is 8.47. The Hall–Kier alpha value is -1.53. The number of hydrogen-bond acceptors (Lipinski definition) is 3. The number of halogens is 3. The minimum atomic E-state index is -4.77. The summed E-state index contributed by atoms with van der Waals surface area (Å²) in [6.07, 6.45) is -5.08. The van der Waals surface area contributed by atoms with Crippen LogP contribution in [0.15, 0.2) is 16.3 Å². The molecule has 1 aliphatic heterocycles. The minimum Gasteiger partial charge on any atom is -0.496 e. The molecule has 1 heterocycles. The van der Waals surface area contributed by atoms with Crippen LogP contribution < -0.4 is 0 Å². The lowest BCUT2D eigenvalue weighted by molar-refractivity contribution is -0.140. The van der Waals surface area contributed by atoms with E-state index in [9.17, 15) is 18.0 Å². The number of rotatable bonds is 2. The number of esters is 1. The predicted molar refractivity (Wildman–Crippen MR) is 49.0 cm³/mol. The molecule has 0 saturated heterocycles. The van der Waals surface area contributed by atoms with Gasteiger partial charge in [0, 0.05) is 6.42 Å². The minimum absolute atomic E-state index is 0.0107. The first-order chi connectivity index (χ1) is 7.36. The number of aliphatic imine (C=N–C) groups is 1. The normalized spacial score (nSPS) is 17.1. The van der Waals surface area contributed by atoms with Gasteiger partial charge < -0.3 is 9.84 Å². The lowest BCUT2D eigenvalue weighted by Crippen LogP contribution is -2.23. The molecule has 90 valence electrons. The predicted octanol–water partition coefficient (Wildman–Crippen LogP) is 2.12. The largest absolute Gasteiger partial charge is 0.496 e. The molecule has 0 fully saturated rings. The first-order valence-corrected chi connectivity index (χ1v) is 4.60. The van der Waals surface area contributed by atoms with E-state index in [0.717, 1.165) is 0 Å². The Morgan fingerprint density at radius 1 is 1.50 bits per heavy atom. The molecule has 0 aromatic heterocycles. The maximum atomic E-state index is 12.5. The van der Waals surface area contributed by atoms with Crippen molar-refractivity contribution in [2.75, 3.05) is 6.61 Å². The number of alkyl halides is 3. The zero-order chi connectivity index (χ0) is 12.3. The highest BCUT2D eigenvalue weighted by Gasteiger charge is 2.40. The van der Waals surface area contributed by atoms with Crippen LogP contribution in [0.25, 0.3) is 0 Å². The van der Waals surface area contributed by atoms with Crippen LogP contribution in [0.1, 0.15) is 19.8 Å². The Labute approximate surface area is 89.4 Å². The van der Waals surface area contributed by atoms with Crippen LogP contribution in [0.3, 0.4) is 0 Å². The summed E-state index contributed by atoms with van der Waals surface area (Å²) in [4.78, 5) is 14.2. The highest BCUT2D eigenvalue weighted by molar-refractivity contribution is 5.92. The molecule has 0 aromatic rings. The monoisotopic (exact) mass is 237 g/mol. The van der Waals surface area contributed by atoms with Gasteiger partial charge in [0.1, 0.15) is 0 Å². The molecule has 0 atom stereocenters. The van der Waals surface area contributed by atoms with Crippen LogP contribution >= 0.6 is 0 Å². The van der Waals surface area contributed by atoms with E-state index in [0.29, 0.717) is 0 Å². The number of allylic oxidation sites excluding steroid dienone is 1. The van der Waals surface area contributed by atoms with Crippen molar-refractivity contribution in [3.63, 3.8) is 0 Å². The van der Waals surface area contributed by atoms with Crippen molar-refractivity contribution in [1.29, 1.82) is 0 Å². The first-order valence-electron chi connectivity index (χ1n) is 4.60. The molecule has 0 bridgehead atoms. The highest BCUT2D eigenvalue weighted by Crippen LogP contribution is 2.34. The Kier molecular flexibility index (Phi) is 3.56. The molecule has 0 unspecified atom stereocenters. The average Bonchev–Trinajstić information content (AvgIpc) is 2.16. The van der Waals surface area contributed by atoms with Crippen molar-refractivity contribution < 1.29 is 27.8 Å². The molecule has 1 aliphatic rings. The van der Waals surface area contributed by atoms with Gasteiger partial charge in [-0.1, -0.05) is 0 Å². The molecular weight excluding hydrogens is 227 g/mol. The Bertz CT molecular complexity index is 358. The van der Waals surface area contributed by atoms with E-state index in [-0.39, 0.29) is 19.4 Å². The fourth-order valence-corrected chi connectivity index (χ4v) is 1.26. The average molecular weight is 237 g/mol. The van der Waals surface area contributed by atoms with Crippen molar-refractivity contribution in [2.45, 2.75) is 25.9 Å². The van der Waals surface area contributed by atoms with Gasteiger partial charge in [-0.15, -0.1) is 0 Å². The van der Waals surface area contributed by atoms with Gasteiger partial charge >= 0.3 is 12.1 Å². The highest BCUT2D eigenvalue weighted by atomic mass is 19.4. The van der Waals surface area contributed by atoms with Crippen LogP contribution in [-0.4, -0.2) is 29.8 Å². The molecule has 0 saturated carbocycles. The van der Waals surface area contributed by atoms with E-state index < -0.39 is 29.3 Å². The van der Waals surface area contributed by atoms with E-state index >= 15 is 0 Å². The van der Waals surface area contributed by atoms with Crippen molar-refractivity contribution in [3.05, 3.63) is 11.3 Å². The topological polar surface area (TPSA) is 58.9 Å². The lowest BCUT2D eigenvalue weighted by atomic mass is 10.0. The van der Waals surface area contributed by atoms with Gasteiger partial charge in [0.15, 0.2) is 11.6 Å². The number of carbonyl (C=O) groups is 1. The summed E-state index contributed by atoms with van der Waals surface area (Å²) in [5.74, 6) is -1.66. The summed E-state index contributed by atoms with van der Waals surface area (Å²) in [5, 5.41) is 8.94. The number of nitrogens with zero attached hydrogens (tertiary/aromatic N) is 1. The molecule has 0 radical (unpaired) electrons. The SMILES string of the molecule is CCOC(=O)C1=C(C(F)(F)F)N=C(O)CC1. The quantitative estimate of drug-likeness (QED) is 0.748. The second-order valence-corrected chi connectivity index (χ2v) is 3.07. The molecule has 4 nitrogen and oxygen atoms in total. The lowest BCUT2D eigenvalue weighted by Gasteiger charge is -2.17. The fourth-order valence-electron chi connectivity index (χ4n) is 1.26. The third kappa shape index (κ3) is 2.74. The van der Waals surface area contributed by atoms with Crippen LogP contribution in [0.2, 0.25) is 0 Å². The van der Waals surface area contributed by atoms with Gasteiger partial charge in [0.2, 0.25) is 0 Å². The number of hydrogen-bond donors (Lipinski definition) is 1. The number of aliphatic hydroxyl groups is 1. The van der Waals surface area contributed by atoms with E-state index in [1.54, 1.807) is 0 Å². The number of carbonyl (C=O) groups excluding carboxylic acids is 1. The maximum Gasteiger partial charge on any atom is 0.434 e. The van der Waals surface area contributed by atoms with Gasteiger partial charge in [-0.3, -0.25) is 0 Å². The van der Waals surface area contributed by atoms with Crippen LogP contribution in [-0.2, 0) is 9.53 Å². The van der Waals surface area contributed by atoms with Crippen molar-refractivity contribution in [2.24, 2.45) is 4.99 Å². The molecule has 0 aliphatic carbocycles. The number of ether oxygens (including phenoxy) is 1. The summed E-state index contributed by atoms with van der Waals surface area (Å²) in [6, 6.07) is 0. The molecule has 1 rings (SSSR count). The Morgan fingerprint density at radius 2 is 2.12 bits per heavy atom. The third-order valence-electron chi connectivity index (χ3n) is 1.92. The molecule has 7 heteroatoms. The van der Waals surface area contributed by atoms with E-state index in [4.69, 9.17) is 5.11 Å². The van der Waals surface area contributed by atoms with Crippen LogP contribution in [0.5, 0.6) is 0 Å². The molecular formula is C9H10F3NO3. The van der Waals surface area contributed by atoms with Gasteiger partial charge in [-0.2, -0.15) is 13.2 Å². The summed E-state index contributed by atoms with van der Waals surface area (Å²) < 4.78 is 41.9. The summed E-state index contributed by atoms with van der Waals surface area (Å²) in [6.45, 7) is 1.48. The van der Waals surface area contributed by atoms with Crippen molar-refractivity contribution in [3.8, 4) is 0 Å². The van der Waals surface area contributed by atoms with Gasteiger partial charge in [0.05, 0.1) is 12.2 Å².